The summed E-state index contributed by atoms with van der Waals surface area (Å²) in [5, 5.41) is 2.87. The molecule has 0 aliphatic heterocycles. The monoisotopic (exact) mass is 355 g/mol. The summed E-state index contributed by atoms with van der Waals surface area (Å²) in [6, 6.07) is 17.6. The molecular formula is C18H17N3O3S. The van der Waals surface area contributed by atoms with Gasteiger partial charge in [-0.15, -0.1) is 0 Å². The van der Waals surface area contributed by atoms with Gasteiger partial charge >= 0.3 is 6.09 Å². The van der Waals surface area contributed by atoms with Gasteiger partial charge < -0.3 is 4.74 Å². The summed E-state index contributed by atoms with van der Waals surface area (Å²) in [7, 11) is 0. The van der Waals surface area contributed by atoms with Gasteiger partial charge in [-0.25, -0.2) is 9.78 Å². The lowest BCUT2D eigenvalue weighted by atomic mass is 10.3. The number of amides is 2. The Bertz CT molecular complexity index is 893. The number of hydrogen-bond acceptors (Lipinski definition) is 5. The zero-order chi connectivity index (χ0) is 17.6. The van der Waals surface area contributed by atoms with Gasteiger partial charge in [0, 0.05) is 5.69 Å². The molecule has 0 spiro atoms. The molecule has 1 N–H and O–H groups in total. The van der Waals surface area contributed by atoms with Crippen LogP contribution >= 0.6 is 11.8 Å². The van der Waals surface area contributed by atoms with Crippen LogP contribution in [0.15, 0.2) is 59.8 Å². The van der Waals surface area contributed by atoms with Crippen molar-refractivity contribution < 1.29 is 14.3 Å². The van der Waals surface area contributed by atoms with Crippen LogP contribution in [0.3, 0.4) is 0 Å². The molecule has 3 aromatic rings. The molecule has 0 aliphatic rings. The average Bonchev–Trinajstić information content (AvgIpc) is 2.99. The predicted octanol–water partition coefficient (Wildman–Crippen LogP) is 3.39. The van der Waals surface area contributed by atoms with Crippen molar-refractivity contribution in [2.75, 3.05) is 12.4 Å². The number of fused-ring (bicyclic) bond motifs is 1. The maximum Gasteiger partial charge on any atom is 0.413 e. The van der Waals surface area contributed by atoms with Crippen molar-refractivity contribution in [2.45, 2.75) is 12.1 Å². The number of thioether (sulfide) groups is 1. The standard InChI is InChI=1S/C18H17N3O3S/c1-2-24-18(23)20-16(22)12-25-17-19-14-10-6-7-11-15(14)21(17)13-8-4-3-5-9-13/h3-11H,2,12H2,1H3,(H,20,22,23). The summed E-state index contributed by atoms with van der Waals surface area (Å²) < 4.78 is 6.70. The number of imide groups is 1. The van der Waals surface area contributed by atoms with E-state index in [9.17, 15) is 9.59 Å². The van der Waals surface area contributed by atoms with E-state index in [4.69, 9.17) is 4.74 Å². The second-order valence-electron chi connectivity index (χ2n) is 5.11. The number of nitrogens with zero attached hydrogens (tertiary/aromatic N) is 2. The van der Waals surface area contributed by atoms with Gasteiger partial charge in [0.2, 0.25) is 5.91 Å². The molecule has 0 radical (unpaired) electrons. The molecule has 25 heavy (non-hydrogen) atoms. The summed E-state index contributed by atoms with van der Waals surface area (Å²) >= 11 is 1.27. The SMILES string of the molecule is CCOC(=O)NC(=O)CSc1nc2ccccc2n1-c1ccccc1. The van der Waals surface area contributed by atoms with E-state index < -0.39 is 12.0 Å². The minimum Gasteiger partial charge on any atom is -0.450 e. The zero-order valence-electron chi connectivity index (χ0n) is 13.6. The fourth-order valence-electron chi connectivity index (χ4n) is 2.37. The number of imidazole rings is 1. The number of para-hydroxylation sites is 3. The van der Waals surface area contributed by atoms with Gasteiger partial charge in [-0.05, 0) is 31.2 Å². The van der Waals surface area contributed by atoms with Crippen LogP contribution in [0.5, 0.6) is 0 Å². The summed E-state index contributed by atoms with van der Waals surface area (Å²) in [6.45, 7) is 1.90. The first-order chi connectivity index (χ1) is 12.2. The normalized spacial score (nSPS) is 10.6. The van der Waals surface area contributed by atoms with E-state index in [0.717, 1.165) is 16.7 Å². The molecule has 7 heteroatoms. The minimum absolute atomic E-state index is 0.0645. The first kappa shape index (κ1) is 17.0. The number of ether oxygens (including phenoxy) is 1. The third-order valence-electron chi connectivity index (χ3n) is 3.39. The van der Waals surface area contributed by atoms with Crippen LogP contribution in [-0.2, 0) is 9.53 Å². The van der Waals surface area contributed by atoms with Crippen LogP contribution < -0.4 is 5.32 Å². The molecule has 0 saturated heterocycles. The molecule has 1 aromatic heterocycles. The van der Waals surface area contributed by atoms with Crippen LogP contribution in [0.4, 0.5) is 4.79 Å². The third-order valence-corrected chi connectivity index (χ3v) is 4.33. The number of alkyl carbamates (subject to hydrolysis) is 1. The number of carbonyl (C=O) groups excluding carboxylic acids is 2. The highest BCUT2D eigenvalue weighted by Crippen LogP contribution is 2.27. The lowest BCUT2D eigenvalue weighted by Crippen LogP contribution is -2.32. The number of carbonyl (C=O) groups is 2. The van der Waals surface area contributed by atoms with E-state index in [0.29, 0.717) is 5.16 Å². The van der Waals surface area contributed by atoms with Gasteiger partial charge in [-0.3, -0.25) is 14.7 Å². The molecule has 128 valence electrons. The lowest BCUT2D eigenvalue weighted by Gasteiger charge is -2.09. The van der Waals surface area contributed by atoms with Crippen molar-refractivity contribution in [1.82, 2.24) is 14.9 Å². The number of benzene rings is 2. The van der Waals surface area contributed by atoms with Crippen LogP contribution in [0.2, 0.25) is 0 Å². The number of nitrogens with one attached hydrogen (secondary N) is 1. The van der Waals surface area contributed by atoms with Gasteiger partial charge in [-0.2, -0.15) is 0 Å². The Hall–Kier alpha value is -2.80. The second-order valence-corrected chi connectivity index (χ2v) is 6.05. The van der Waals surface area contributed by atoms with E-state index in [1.807, 2.05) is 59.2 Å². The van der Waals surface area contributed by atoms with Crippen LogP contribution in [-0.4, -0.2) is 33.9 Å². The summed E-state index contributed by atoms with van der Waals surface area (Å²) in [5.41, 5.74) is 2.77. The molecule has 6 nitrogen and oxygen atoms in total. The Morgan fingerprint density at radius 3 is 2.60 bits per heavy atom. The Morgan fingerprint density at radius 2 is 1.84 bits per heavy atom. The number of hydrogen-bond donors (Lipinski definition) is 1. The first-order valence-corrected chi connectivity index (χ1v) is 8.80. The number of rotatable bonds is 5. The smallest absolute Gasteiger partial charge is 0.413 e. The number of aromatic nitrogens is 2. The van der Waals surface area contributed by atoms with E-state index in [2.05, 4.69) is 10.3 Å². The highest BCUT2D eigenvalue weighted by molar-refractivity contribution is 7.99. The highest BCUT2D eigenvalue weighted by atomic mass is 32.2. The van der Waals surface area contributed by atoms with Crippen LogP contribution in [0.25, 0.3) is 16.7 Å². The molecule has 2 aromatic carbocycles. The molecule has 3 rings (SSSR count). The molecule has 0 aliphatic carbocycles. The van der Waals surface area contributed by atoms with E-state index >= 15 is 0 Å². The van der Waals surface area contributed by atoms with Crippen LogP contribution in [0.1, 0.15) is 6.92 Å². The summed E-state index contributed by atoms with van der Waals surface area (Å²) in [5.74, 6) is -0.357. The maximum absolute atomic E-state index is 11.9. The zero-order valence-corrected chi connectivity index (χ0v) is 14.5. The largest absolute Gasteiger partial charge is 0.450 e. The van der Waals surface area contributed by atoms with E-state index in [1.54, 1.807) is 6.92 Å². The fraction of sp³-hybridized carbons (Fsp3) is 0.167. The van der Waals surface area contributed by atoms with Gasteiger partial charge in [0.25, 0.3) is 0 Å². The van der Waals surface area contributed by atoms with Crippen molar-refractivity contribution in [3.8, 4) is 5.69 Å². The summed E-state index contributed by atoms with van der Waals surface area (Å²) in [4.78, 5) is 27.8. The van der Waals surface area contributed by atoms with Crippen molar-refractivity contribution in [2.24, 2.45) is 0 Å². The van der Waals surface area contributed by atoms with E-state index in [1.165, 1.54) is 11.8 Å². The molecule has 0 atom stereocenters. The topological polar surface area (TPSA) is 73.2 Å². The maximum atomic E-state index is 11.9. The van der Waals surface area contributed by atoms with Crippen molar-refractivity contribution in [1.29, 1.82) is 0 Å². The van der Waals surface area contributed by atoms with Crippen molar-refractivity contribution in [3.63, 3.8) is 0 Å². The Kier molecular flexibility index (Phi) is 5.35. The molecule has 2 amide bonds. The molecule has 0 unspecified atom stereocenters. The molecule has 0 saturated carbocycles. The highest BCUT2D eigenvalue weighted by Gasteiger charge is 2.15. The molecule has 0 bridgehead atoms. The Labute approximate surface area is 149 Å². The molecule has 0 fully saturated rings. The fourth-order valence-corrected chi connectivity index (χ4v) is 3.20. The first-order valence-electron chi connectivity index (χ1n) is 7.81. The molecule has 1 heterocycles. The summed E-state index contributed by atoms with van der Waals surface area (Å²) in [6.07, 6.45) is -0.732. The van der Waals surface area contributed by atoms with Gasteiger partial charge in [0.15, 0.2) is 5.16 Å². The molecular weight excluding hydrogens is 338 g/mol. The van der Waals surface area contributed by atoms with Gasteiger partial charge in [0.05, 0.1) is 23.4 Å². The predicted molar refractivity (Wildman–Crippen MR) is 97.0 cm³/mol. The van der Waals surface area contributed by atoms with E-state index in [-0.39, 0.29) is 12.4 Å². The van der Waals surface area contributed by atoms with Gasteiger partial charge in [-0.1, -0.05) is 42.1 Å². The lowest BCUT2D eigenvalue weighted by molar-refractivity contribution is -0.117. The minimum atomic E-state index is -0.732. The second kappa shape index (κ2) is 7.85. The Balaban J connectivity index is 1.84. The van der Waals surface area contributed by atoms with Crippen molar-refractivity contribution in [3.05, 3.63) is 54.6 Å². The van der Waals surface area contributed by atoms with Crippen LogP contribution in [0, 0.1) is 0 Å². The average molecular weight is 355 g/mol. The quantitative estimate of drug-likeness (QED) is 0.710. The third kappa shape index (κ3) is 4.00. The van der Waals surface area contributed by atoms with Crippen molar-refractivity contribution >= 4 is 34.8 Å². The van der Waals surface area contributed by atoms with Gasteiger partial charge in [0.1, 0.15) is 0 Å². The Morgan fingerprint density at radius 1 is 1.12 bits per heavy atom.